The first kappa shape index (κ1) is 18.6. The molecule has 2 heterocycles. The Hall–Kier alpha value is -1.18. The summed E-state index contributed by atoms with van der Waals surface area (Å²) in [5.74, 6) is 0.783. The van der Waals surface area contributed by atoms with Crippen LogP contribution in [0, 0.1) is 5.41 Å². The van der Waals surface area contributed by atoms with Crippen LogP contribution in [0.25, 0.3) is 0 Å². The Morgan fingerprint density at radius 2 is 1.84 bits per heavy atom. The van der Waals surface area contributed by atoms with Gasteiger partial charge in [-0.1, -0.05) is 19.1 Å². The van der Waals surface area contributed by atoms with E-state index in [1.807, 2.05) is 38.1 Å². The van der Waals surface area contributed by atoms with Crippen LogP contribution in [0.1, 0.15) is 32.8 Å². The fourth-order valence-electron chi connectivity index (χ4n) is 4.04. The minimum atomic E-state index is -1.11. The van der Waals surface area contributed by atoms with Crippen LogP contribution < -0.4 is 4.74 Å². The van der Waals surface area contributed by atoms with Crippen molar-refractivity contribution in [3.05, 3.63) is 29.8 Å². The molecule has 1 aromatic rings. The molecule has 6 heteroatoms. The molecule has 0 saturated carbocycles. The molecule has 2 N–H and O–H groups in total. The van der Waals surface area contributed by atoms with Gasteiger partial charge in [-0.05, 0) is 38.0 Å². The normalized spacial score (nSPS) is 40.2. The van der Waals surface area contributed by atoms with Crippen molar-refractivity contribution in [3.8, 4) is 5.75 Å². The lowest BCUT2D eigenvalue weighted by Gasteiger charge is -2.40. The van der Waals surface area contributed by atoms with Gasteiger partial charge in [-0.3, -0.25) is 0 Å². The topological polar surface area (TPSA) is 77.4 Å². The Kier molecular flexibility index (Phi) is 5.10. The Labute approximate surface area is 148 Å². The summed E-state index contributed by atoms with van der Waals surface area (Å²) in [6.07, 6.45) is -1.24. The largest absolute Gasteiger partial charge is 0.497 e. The molecular weight excluding hydrogens is 324 g/mol. The van der Waals surface area contributed by atoms with Crippen molar-refractivity contribution >= 4 is 0 Å². The van der Waals surface area contributed by atoms with Crippen molar-refractivity contribution in [3.63, 3.8) is 0 Å². The summed E-state index contributed by atoms with van der Waals surface area (Å²) in [5, 5.41) is 20.9. The number of fused-ring (bicyclic) bond motifs is 1. The highest BCUT2D eigenvalue weighted by atomic mass is 16.7. The molecule has 2 saturated heterocycles. The lowest BCUT2D eigenvalue weighted by atomic mass is 9.69. The molecule has 0 aromatic heterocycles. The maximum atomic E-state index is 11.1. The highest BCUT2D eigenvalue weighted by Gasteiger charge is 2.70. The van der Waals surface area contributed by atoms with Gasteiger partial charge in [0.1, 0.15) is 17.5 Å². The third kappa shape index (κ3) is 2.86. The lowest BCUT2D eigenvalue weighted by molar-refractivity contribution is -0.164. The van der Waals surface area contributed by atoms with Crippen LogP contribution >= 0.6 is 0 Å². The van der Waals surface area contributed by atoms with E-state index in [2.05, 4.69) is 0 Å². The molecule has 1 aromatic carbocycles. The second-order valence-electron chi connectivity index (χ2n) is 7.23. The molecule has 2 fully saturated rings. The lowest BCUT2D eigenvalue weighted by Crippen LogP contribution is -2.55. The number of hydrogen-bond donors (Lipinski definition) is 2. The first-order valence-corrected chi connectivity index (χ1v) is 8.77. The Morgan fingerprint density at radius 1 is 1.16 bits per heavy atom. The van der Waals surface area contributed by atoms with Gasteiger partial charge < -0.3 is 29.2 Å². The molecule has 2 aliphatic heterocycles. The average Bonchev–Trinajstić information content (AvgIpc) is 3.00. The van der Waals surface area contributed by atoms with Crippen LogP contribution in [0.3, 0.4) is 0 Å². The summed E-state index contributed by atoms with van der Waals surface area (Å²) in [6.45, 7) is 5.83. The van der Waals surface area contributed by atoms with Crippen molar-refractivity contribution in [1.82, 2.24) is 0 Å². The van der Waals surface area contributed by atoms with Crippen LogP contribution in [0.4, 0.5) is 0 Å². The van der Waals surface area contributed by atoms with Crippen molar-refractivity contribution < 1.29 is 29.2 Å². The Bertz CT molecular complexity index is 586. The number of aliphatic hydroxyl groups excluding tert-OH is 1. The molecule has 0 aliphatic carbocycles. The van der Waals surface area contributed by atoms with Gasteiger partial charge in [0.2, 0.25) is 0 Å². The zero-order chi connectivity index (χ0) is 18.2. The van der Waals surface area contributed by atoms with Crippen molar-refractivity contribution in [1.29, 1.82) is 0 Å². The molecular formula is C19H28O6. The fourth-order valence-corrected chi connectivity index (χ4v) is 4.04. The molecule has 25 heavy (non-hydrogen) atoms. The predicted octanol–water partition coefficient (Wildman–Crippen LogP) is 1.86. The van der Waals surface area contributed by atoms with Crippen molar-refractivity contribution in [2.24, 2.45) is 5.41 Å². The van der Waals surface area contributed by atoms with Gasteiger partial charge in [-0.25, -0.2) is 0 Å². The zero-order valence-corrected chi connectivity index (χ0v) is 15.3. The summed E-state index contributed by atoms with van der Waals surface area (Å²) in [6, 6.07) is 7.61. The van der Waals surface area contributed by atoms with Gasteiger partial charge in [0.25, 0.3) is 0 Å². The van der Waals surface area contributed by atoms with Gasteiger partial charge in [-0.2, -0.15) is 0 Å². The highest BCUT2D eigenvalue weighted by Crippen LogP contribution is 2.56. The monoisotopic (exact) mass is 352 g/mol. The number of rotatable bonds is 6. The number of methoxy groups -OCH3 is 1. The summed E-state index contributed by atoms with van der Waals surface area (Å²) in [4.78, 5) is 0. The van der Waals surface area contributed by atoms with Crippen molar-refractivity contribution in [2.75, 3.05) is 13.7 Å². The summed E-state index contributed by atoms with van der Waals surface area (Å²) in [7, 11) is 1.63. The third-order valence-corrected chi connectivity index (χ3v) is 5.86. The first-order chi connectivity index (χ1) is 11.9. The third-order valence-electron chi connectivity index (χ3n) is 5.86. The molecule has 0 amide bonds. The number of aliphatic hydroxyl groups is 2. The number of ether oxygens (including phenoxy) is 4. The molecule has 3 rings (SSSR count). The molecule has 0 unspecified atom stereocenters. The van der Waals surface area contributed by atoms with Gasteiger partial charge in [0.15, 0.2) is 6.29 Å². The first-order valence-electron chi connectivity index (χ1n) is 8.77. The van der Waals surface area contributed by atoms with E-state index in [1.54, 1.807) is 14.0 Å². The standard InChI is InChI=1S/C19H28O6/c1-5-15-19(3,21)18(2)16(14(10-20)24-17(18)25-15)23-11-12-6-8-13(22-4)9-7-12/h6-9,14-17,20-21H,5,10-11H2,1-4H3/t14-,15+,16+,17+,18+,19-/m1/s1. The minimum absolute atomic E-state index is 0.185. The fraction of sp³-hybridized carbons (Fsp3) is 0.684. The van der Waals surface area contributed by atoms with Crippen LogP contribution in [-0.2, 0) is 20.8 Å². The average molecular weight is 352 g/mol. The minimum Gasteiger partial charge on any atom is -0.497 e. The van der Waals surface area contributed by atoms with E-state index in [4.69, 9.17) is 18.9 Å². The van der Waals surface area contributed by atoms with Crippen LogP contribution in [0.2, 0.25) is 0 Å². The highest BCUT2D eigenvalue weighted by molar-refractivity contribution is 5.26. The summed E-state index contributed by atoms with van der Waals surface area (Å²) >= 11 is 0. The SMILES string of the molecule is CC[C@@H]1O[C@@H]2O[C@H](CO)[C@H](OCc3ccc(OC)cc3)[C@]2(C)[C@]1(C)O. The van der Waals surface area contributed by atoms with E-state index in [9.17, 15) is 10.2 Å². The molecule has 6 nitrogen and oxygen atoms in total. The predicted molar refractivity (Wildman–Crippen MR) is 91.2 cm³/mol. The maximum absolute atomic E-state index is 11.1. The van der Waals surface area contributed by atoms with E-state index in [0.717, 1.165) is 11.3 Å². The molecule has 2 aliphatic rings. The molecule has 140 valence electrons. The summed E-state index contributed by atoms with van der Waals surface area (Å²) in [5.41, 5.74) is -0.885. The van der Waals surface area contributed by atoms with Crippen molar-refractivity contribution in [2.45, 2.75) is 64.0 Å². The van der Waals surface area contributed by atoms with Crippen LogP contribution in [0.15, 0.2) is 24.3 Å². The second-order valence-corrected chi connectivity index (χ2v) is 7.23. The molecule has 0 spiro atoms. The number of hydrogen-bond acceptors (Lipinski definition) is 6. The molecule has 6 atom stereocenters. The zero-order valence-electron chi connectivity index (χ0n) is 15.3. The molecule has 0 radical (unpaired) electrons. The quantitative estimate of drug-likeness (QED) is 0.814. The van der Waals surface area contributed by atoms with E-state index in [1.165, 1.54) is 0 Å². The van der Waals surface area contributed by atoms with E-state index in [0.29, 0.717) is 13.0 Å². The maximum Gasteiger partial charge on any atom is 0.169 e. The van der Waals surface area contributed by atoms with Gasteiger partial charge in [0.05, 0.1) is 37.9 Å². The van der Waals surface area contributed by atoms with Gasteiger partial charge in [0, 0.05) is 0 Å². The number of benzene rings is 1. The Balaban J connectivity index is 1.79. The van der Waals surface area contributed by atoms with E-state index >= 15 is 0 Å². The smallest absolute Gasteiger partial charge is 0.169 e. The van der Waals surface area contributed by atoms with Gasteiger partial charge in [-0.15, -0.1) is 0 Å². The van der Waals surface area contributed by atoms with E-state index in [-0.39, 0.29) is 12.7 Å². The second kappa shape index (κ2) is 6.85. The summed E-state index contributed by atoms with van der Waals surface area (Å²) < 4.78 is 23.1. The molecule has 0 bridgehead atoms. The van der Waals surface area contributed by atoms with Crippen LogP contribution in [-0.4, -0.2) is 54.1 Å². The van der Waals surface area contributed by atoms with Gasteiger partial charge >= 0.3 is 0 Å². The Morgan fingerprint density at radius 3 is 2.40 bits per heavy atom. The van der Waals surface area contributed by atoms with E-state index < -0.39 is 29.5 Å². The van der Waals surface area contributed by atoms with Crippen LogP contribution in [0.5, 0.6) is 5.75 Å².